The molecule has 1 fully saturated rings. The van der Waals surface area contributed by atoms with Crippen molar-refractivity contribution in [1.82, 2.24) is 0 Å². The lowest BCUT2D eigenvalue weighted by Crippen LogP contribution is -2.17. The van der Waals surface area contributed by atoms with Crippen LogP contribution in [0.15, 0.2) is 23.1 Å². The highest BCUT2D eigenvalue weighted by atomic mass is 32.2. The van der Waals surface area contributed by atoms with Crippen molar-refractivity contribution in [3.8, 4) is 0 Å². The standard InChI is InChI=1S/C11H14N2O3S/c12-9-2-1-3-10(11(9)13(14)15)17-8-4-6-16-7-5-8/h1-3,8H,4-7,12H2. The first kappa shape index (κ1) is 12.2. The number of thioether (sulfide) groups is 1. The minimum atomic E-state index is -0.406. The number of hydrogen-bond donors (Lipinski definition) is 1. The molecule has 5 nitrogen and oxygen atoms in total. The van der Waals surface area contributed by atoms with Gasteiger partial charge in [0.2, 0.25) is 0 Å². The molecule has 6 heteroatoms. The summed E-state index contributed by atoms with van der Waals surface area (Å²) in [5.74, 6) is 0. The number of ether oxygens (including phenoxy) is 1. The zero-order chi connectivity index (χ0) is 12.3. The SMILES string of the molecule is Nc1cccc(SC2CCOCC2)c1[N+](=O)[O-]. The topological polar surface area (TPSA) is 78.4 Å². The largest absolute Gasteiger partial charge is 0.393 e. The highest BCUT2D eigenvalue weighted by Crippen LogP contribution is 2.38. The Morgan fingerprint density at radius 2 is 2.12 bits per heavy atom. The van der Waals surface area contributed by atoms with Crippen molar-refractivity contribution in [3.05, 3.63) is 28.3 Å². The van der Waals surface area contributed by atoms with E-state index in [-0.39, 0.29) is 11.4 Å². The van der Waals surface area contributed by atoms with Crippen molar-refractivity contribution in [1.29, 1.82) is 0 Å². The fourth-order valence-corrected chi connectivity index (χ4v) is 3.05. The summed E-state index contributed by atoms with van der Waals surface area (Å²) >= 11 is 1.53. The van der Waals surface area contributed by atoms with E-state index in [9.17, 15) is 10.1 Å². The third kappa shape index (κ3) is 2.89. The van der Waals surface area contributed by atoms with Gasteiger partial charge in [-0.15, -0.1) is 11.8 Å². The van der Waals surface area contributed by atoms with E-state index < -0.39 is 4.92 Å². The van der Waals surface area contributed by atoms with Crippen LogP contribution in [-0.4, -0.2) is 23.4 Å². The molecule has 1 heterocycles. The number of nitrogens with zero attached hydrogens (tertiary/aromatic N) is 1. The predicted octanol–water partition coefficient (Wildman–Crippen LogP) is 2.45. The number of rotatable bonds is 3. The van der Waals surface area contributed by atoms with Gasteiger partial charge >= 0.3 is 5.69 Å². The second-order valence-corrected chi connectivity index (χ2v) is 5.22. The van der Waals surface area contributed by atoms with Crippen molar-refractivity contribution in [2.24, 2.45) is 0 Å². The maximum atomic E-state index is 11.0. The highest BCUT2D eigenvalue weighted by molar-refractivity contribution is 8.00. The molecule has 0 radical (unpaired) electrons. The highest BCUT2D eigenvalue weighted by Gasteiger charge is 2.22. The van der Waals surface area contributed by atoms with E-state index in [1.54, 1.807) is 18.2 Å². The molecule has 2 rings (SSSR count). The Morgan fingerprint density at radius 3 is 2.76 bits per heavy atom. The van der Waals surface area contributed by atoms with Gasteiger partial charge in [0, 0.05) is 18.5 Å². The summed E-state index contributed by atoms with van der Waals surface area (Å²) in [7, 11) is 0. The molecule has 92 valence electrons. The summed E-state index contributed by atoms with van der Waals surface area (Å²) in [6, 6.07) is 5.07. The quantitative estimate of drug-likeness (QED) is 0.509. The average Bonchev–Trinajstić information content (AvgIpc) is 2.30. The van der Waals surface area contributed by atoms with Gasteiger partial charge in [-0.05, 0) is 25.0 Å². The van der Waals surface area contributed by atoms with Crippen LogP contribution in [0.4, 0.5) is 11.4 Å². The molecule has 2 N–H and O–H groups in total. The van der Waals surface area contributed by atoms with Crippen molar-refractivity contribution < 1.29 is 9.66 Å². The van der Waals surface area contributed by atoms with Crippen molar-refractivity contribution >= 4 is 23.1 Å². The smallest absolute Gasteiger partial charge is 0.305 e. The Balaban J connectivity index is 2.19. The number of nitro groups is 1. The van der Waals surface area contributed by atoms with Gasteiger partial charge in [-0.25, -0.2) is 0 Å². The molecule has 0 unspecified atom stereocenters. The van der Waals surface area contributed by atoms with Crippen molar-refractivity contribution in [3.63, 3.8) is 0 Å². The Morgan fingerprint density at radius 1 is 1.41 bits per heavy atom. The minimum absolute atomic E-state index is 0.0315. The van der Waals surface area contributed by atoms with Crippen LogP contribution in [0.2, 0.25) is 0 Å². The van der Waals surface area contributed by atoms with E-state index in [1.165, 1.54) is 11.8 Å². The minimum Gasteiger partial charge on any atom is -0.393 e. The van der Waals surface area contributed by atoms with Gasteiger partial charge in [-0.3, -0.25) is 10.1 Å². The summed E-state index contributed by atoms with van der Waals surface area (Å²) in [4.78, 5) is 11.2. The van der Waals surface area contributed by atoms with Gasteiger partial charge in [-0.2, -0.15) is 0 Å². The van der Waals surface area contributed by atoms with Crippen LogP contribution in [0.1, 0.15) is 12.8 Å². The fraction of sp³-hybridized carbons (Fsp3) is 0.455. The van der Waals surface area contributed by atoms with E-state index in [0.29, 0.717) is 10.1 Å². The molecule has 1 aliphatic rings. The number of anilines is 1. The van der Waals surface area contributed by atoms with E-state index in [0.717, 1.165) is 26.1 Å². The second-order valence-electron chi connectivity index (χ2n) is 3.88. The van der Waals surface area contributed by atoms with E-state index >= 15 is 0 Å². The average molecular weight is 254 g/mol. The summed E-state index contributed by atoms with van der Waals surface area (Å²) in [5, 5.41) is 11.4. The van der Waals surface area contributed by atoms with Crippen LogP contribution < -0.4 is 5.73 Å². The Hall–Kier alpha value is -1.27. The molecule has 1 aromatic carbocycles. The first-order valence-corrected chi connectivity index (χ1v) is 6.33. The van der Waals surface area contributed by atoms with Gasteiger partial charge in [0.15, 0.2) is 0 Å². The first-order valence-electron chi connectivity index (χ1n) is 5.46. The molecule has 0 atom stereocenters. The van der Waals surface area contributed by atoms with Crippen LogP contribution >= 0.6 is 11.8 Å². The van der Waals surface area contributed by atoms with Gasteiger partial charge in [0.05, 0.1) is 9.82 Å². The lowest BCUT2D eigenvalue weighted by atomic mass is 10.2. The number of benzene rings is 1. The van der Waals surface area contributed by atoms with Crippen LogP contribution in [0.25, 0.3) is 0 Å². The fourth-order valence-electron chi connectivity index (χ4n) is 1.80. The number of hydrogen-bond acceptors (Lipinski definition) is 5. The Bertz CT molecular complexity index is 419. The normalized spacial score (nSPS) is 16.9. The van der Waals surface area contributed by atoms with Crippen LogP contribution in [-0.2, 0) is 4.74 Å². The lowest BCUT2D eigenvalue weighted by molar-refractivity contribution is -0.386. The molecule has 0 bridgehead atoms. The number of nitro benzene ring substituents is 1. The number of nitrogen functional groups attached to an aromatic ring is 1. The second kappa shape index (κ2) is 5.37. The molecule has 1 saturated heterocycles. The molecule has 1 aromatic rings. The van der Waals surface area contributed by atoms with Crippen LogP contribution in [0.5, 0.6) is 0 Å². The van der Waals surface area contributed by atoms with Gasteiger partial charge < -0.3 is 10.5 Å². The van der Waals surface area contributed by atoms with Crippen LogP contribution in [0, 0.1) is 10.1 Å². The van der Waals surface area contributed by atoms with Crippen LogP contribution in [0.3, 0.4) is 0 Å². The molecule has 0 amide bonds. The summed E-state index contributed by atoms with van der Waals surface area (Å²) in [6.45, 7) is 1.46. The lowest BCUT2D eigenvalue weighted by Gasteiger charge is -2.21. The van der Waals surface area contributed by atoms with Gasteiger partial charge in [0.25, 0.3) is 0 Å². The molecule has 0 saturated carbocycles. The maximum absolute atomic E-state index is 11.0. The molecular formula is C11H14N2O3S. The van der Waals surface area contributed by atoms with Crippen molar-refractivity contribution in [2.75, 3.05) is 18.9 Å². The molecule has 1 aliphatic heterocycles. The zero-order valence-corrected chi connectivity index (χ0v) is 10.1. The van der Waals surface area contributed by atoms with Crippen molar-refractivity contribution in [2.45, 2.75) is 23.0 Å². The summed E-state index contributed by atoms with van der Waals surface area (Å²) in [5.41, 5.74) is 5.91. The third-order valence-corrected chi connectivity index (χ3v) is 4.06. The predicted molar refractivity (Wildman–Crippen MR) is 67.2 cm³/mol. The van der Waals surface area contributed by atoms with E-state index in [1.807, 2.05) is 0 Å². The Kier molecular flexibility index (Phi) is 3.86. The van der Waals surface area contributed by atoms with E-state index in [2.05, 4.69) is 0 Å². The van der Waals surface area contributed by atoms with E-state index in [4.69, 9.17) is 10.5 Å². The molecule has 0 spiro atoms. The Labute approximate surface area is 103 Å². The zero-order valence-electron chi connectivity index (χ0n) is 9.30. The number of nitrogens with two attached hydrogens (primary N) is 1. The summed E-state index contributed by atoms with van der Waals surface area (Å²) < 4.78 is 5.27. The molecule has 0 aliphatic carbocycles. The first-order chi connectivity index (χ1) is 8.18. The molecule has 17 heavy (non-hydrogen) atoms. The van der Waals surface area contributed by atoms with Gasteiger partial charge in [0.1, 0.15) is 5.69 Å². The monoisotopic (exact) mass is 254 g/mol. The third-order valence-electron chi connectivity index (χ3n) is 2.67. The maximum Gasteiger partial charge on any atom is 0.305 e. The van der Waals surface area contributed by atoms with Gasteiger partial charge in [-0.1, -0.05) is 6.07 Å². The molecule has 0 aromatic heterocycles. The molecular weight excluding hydrogens is 240 g/mol. The number of para-hydroxylation sites is 1. The summed E-state index contributed by atoms with van der Waals surface area (Å²) in [6.07, 6.45) is 1.85.